The number of amides is 1. The Balaban J connectivity index is 2.42. The SMILES string of the molecule is C=CC(C)N(C(=O)C#Cc1ccccc1)S(=O)(=O)c1ccc(C)cc1. The van der Waals surface area contributed by atoms with Crippen LogP contribution in [0.4, 0.5) is 0 Å². The van der Waals surface area contributed by atoms with Crippen LogP contribution in [0.15, 0.2) is 72.1 Å². The highest BCUT2D eigenvalue weighted by Gasteiger charge is 2.31. The molecule has 0 saturated heterocycles. The van der Waals surface area contributed by atoms with E-state index in [0.29, 0.717) is 5.56 Å². The van der Waals surface area contributed by atoms with Gasteiger partial charge in [0, 0.05) is 11.5 Å². The van der Waals surface area contributed by atoms with E-state index in [1.807, 2.05) is 13.0 Å². The normalized spacial score (nSPS) is 11.8. The van der Waals surface area contributed by atoms with Gasteiger partial charge in [-0.25, -0.2) is 12.7 Å². The molecule has 1 amide bonds. The van der Waals surface area contributed by atoms with Crippen molar-refractivity contribution in [3.05, 3.63) is 78.4 Å². The zero-order valence-electron chi connectivity index (χ0n) is 14.1. The third kappa shape index (κ3) is 4.37. The Kier molecular flexibility index (Phi) is 5.79. The molecule has 0 spiro atoms. The zero-order valence-corrected chi connectivity index (χ0v) is 15.0. The van der Waals surface area contributed by atoms with Crippen LogP contribution in [0.3, 0.4) is 0 Å². The number of carbonyl (C=O) groups is 1. The Morgan fingerprint density at radius 2 is 1.72 bits per heavy atom. The van der Waals surface area contributed by atoms with Gasteiger partial charge in [-0.2, -0.15) is 0 Å². The van der Waals surface area contributed by atoms with Crippen molar-refractivity contribution in [2.24, 2.45) is 0 Å². The molecule has 2 aromatic carbocycles. The van der Waals surface area contributed by atoms with Gasteiger partial charge in [-0.1, -0.05) is 47.9 Å². The lowest BCUT2D eigenvalue weighted by Gasteiger charge is -2.24. The van der Waals surface area contributed by atoms with E-state index in [9.17, 15) is 13.2 Å². The van der Waals surface area contributed by atoms with Gasteiger partial charge in [-0.3, -0.25) is 4.79 Å². The number of nitrogens with zero attached hydrogens (tertiary/aromatic N) is 1. The van der Waals surface area contributed by atoms with E-state index in [1.165, 1.54) is 18.2 Å². The Labute approximate surface area is 148 Å². The van der Waals surface area contributed by atoms with Gasteiger partial charge in [0.2, 0.25) is 0 Å². The number of rotatable bonds is 4. The molecule has 4 nitrogen and oxygen atoms in total. The average molecular weight is 353 g/mol. The minimum absolute atomic E-state index is 0.0432. The molecule has 0 fully saturated rings. The average Bonchev–Trinajstić information content (AvgIpc) is 2.61. The molecular formula is C20H19NO3S. The second kappa shape index (κ2) is 7.82. The summed E-state index contributed by atoms with van der Waals surface area (Å²) in [6.45, 7) is 7.04. The van der Waals surface area contributed by atoms with Crippen LogP contribution in [0.5, 0.6) is 0 Å². The molecule has 0 aliphatic rings. The maximum Gasteiger partial charge on any atom is 0.313 e. The van der Waals surface area contributed by atoms with Gasteiger partial charge in [0.25, 0.3) is 10.0 Å². The summed E-state index contributed by atoms with van der Waals surface area (Å²) in [5, 5.41) is 0. The first-order chi connectivity index (χ1) is 11.9. The molecule has 0 saturated carbocycles. The zero-order chi connectivity index (χ0) is 18.4. The molecule has 0 heterocycles. The Bertz CT molecular complexity index is 920. The second-order valence-electron chi connectivity index (χ2n) is 5.51. The fourth-order valence-electron chi connectivity index (χ4n) is 2.13. The summed E-state index contributed by atoms with van der Waals surface area (Å²) in [6.07, 6.45) is 1.40. The van der Waals surface area contributed by atoms with Gasteiger partial charge >= 0.3 is 5.91 Å². The highest BCUT2D eigenvalue weighted by atomic mass is 32.2. The van der Waals surface area contributed by atoms with Crippen LogP contribution in [-0.4, -0.2) is 24.7 Å². The second-order valence-corrected chi connectivity index (χ2v) is 7.33. The van der Waals surface area contributed by atoms with Gasteiger partial charge in [0.05, 0.1) is 10.9 Å². The van der Waals surface area contributed by atoms with E-state index < -0.39 is 22.0 Å². The summed E-state index contributed by atoms with van der Waals surface area (Å²) < 4.78 is 26.5. The summed E-state index contributed by atoms with van der Waals surface area (Å²) >= 11 is 0. The molecule has 0 bridgehead atoms. The first-order valence-corrected chi connectivity index (χ1v) is 9.15. The lowest BCUT2D eigenvalue weighted by Crippen LogP contribution is -2.41. The first-order valence-electron chi connectivity index (χ1n) is 7.71. The Hall–Kier alpha value is -2.84. The molecule has 5 heteroatoms. The quantitative estimate of drug-likeness (QED) is 0.627. The molecule has 0 aliphatic carbocycles. The number of benzene rings is 2. The number of carbonyl (C=O) groups excluding carboxylic acids is 1. The molecule has 1 unspecified atom stereocenters. The highest BCUT2D eigenvalue weighted by molar-refractivity contribution is 7.89. The summed E-state index contributed by atoms with van der Waals surface area (Å²) in [5.41, 5.74) is 1.56. The standard InChI is InChI=1S/C20H19NO3S/c1-4-17(3)21(20(22)15-12-18-8-6-5-7-9-18)25(23,24)19-13-10-16(2)11-14-19/h4-11,13-14,17H,1H2,2-3H3. The van der Waals surface area contributed by atoms with Crippen molar-refractivity contribution in [1.29, 1.82) is 0 Å². The molecule has 25 heavy (non-hydrogen) atoms. The van der Waals surface area contributed by atoms with Gasteiger partial charge in [0.15, 0.2) is 0 Å². The Morgan fingerprint density at radius 3 is 2.28 bits per heavy atom. The van der Waals surface area contributed by atoms with Crippen LogP contribution >= 0.6 is 0 Å². The molecule has 128 valence electrons. The van der Waals surface area contributed by atoms with Crippen LogP contribution in [-0.2, 0) is 14.8 Å². The van der Waals surface area contributed by atoms with E-state index in [0.717, 1.165) is 9.87 Å². The number of hydrogen-bond acceptors (Lipinski definition) is 3. The monoisotopic (exact) mass is 353 g/mol. The van der Waals surface area contributed by atoms with Crippen LogP contribution in [0.25, 0.3) is 0 Å². The molecule has 0 radical (unpaired) electrons. The minimum Gasteiger partial charge on any atom is -0.258 e. The van der Waals surface area contributed by atoms with Crippen molar-refractivity contribution >= 4 is 15.9 Å². The highest BCUT2D eigenvalue weighted by Crippen LogP contribution is 2.19. The van der Waals surface area contributed by atoms with Crippen molar-refractivity contribution in [3.63, 3.8) is 0 Å². The van der Waals surface area contributed by atoms with Gasteiger partial charge in [-0.05, 0) is 38.1 Å². The van der Waals surface area contributed by atoms with Crippen molar-refractivity contribution in [2.75, 3.05) is 0 Å². The third-order valence-corrected chi connectivity index (χ3v) is 5.46. The van der Waals surface area contributed by atoms with Crippen molar-refractivity contribution in [2.45, 2.75) is 24.8 Å². The maximum atomic E-state index is 12.9. The predicted octanol–water partition coefficient (Wildman–Crippen LogP) is 3.14. The van der Waals surface area contributed by atoms with Crippen LogP contribution < -0.4 is 0 Å². The third-order valence-electron chi connectivity index (χ3n) is 3.58. The largest absolute Gasteiger partial charge is 0.313 e. The summed E-state index contributed by atoms with van der Waals surface area (Å²) in [4.78, 5) is 12.6. The molecular weight excluding hydrogens is 334 g/mol. The lowest BCUT2D eigenvalue weighted by atomic mass is 10.2. The van der Waals surface area contributed by atoms with Gasteiger partial charge in [0.1, 0.15) is 0 Å². The fourth-order valence-corrected chi connectivity index (χ4v) is 3.63. The van der Waals surface area contributed by atoms with Crippen molar-refractivity contribution in [1.82, 2.24) is 4.31 Å². The Morgan fingerprint density at radius 1 is 1.12 bits per heavy atom. The smallest absolute Gasteiger partial charge is 0.258 e. The van der Waals surface area contributed by atoms with Gasteiger partial charge in [-0.15, -0.1) is 6.58 Å². The molecule has 2 aromatic rings. The van der Waals surface area contributed by atoms with Crippen LogP contribution in [0.2, 0.25) is 0 Å². The fraction of sp³-hybridized carbons (Fsp3) is 0.150. The summed E-state index contributed by atoms with van der Waals surface area (Å²) in [7, 11) is -4.02. The van der Waals surface area contributed by atoms with Crippen LogP contribution in [0.1, 0.15) is 18.1 Å². The van der Waals surface area contributed by atoms with E-state index in [1.54, 1.807) is 43.3 Å². The summed E-state index contributed by atoms with van der Waals surface area (Å²) in [5.74, 6) is 4.31. The lowest BCUT2D eigenvalue weighted by molar-refractivity contribution is -0.121. The predicted molar refractivity (Wildman–Crippen MR) is 98.2 cm³/mol. The minimum atomic E-state index is -4.02. The molecule has 0 aliphatic heterocycles. The summed E-state index contributed by atoms with van der Waals surface area (Å²) in [6, 6.07) is 14.5. The number of aryl methyl sites for hydroxylation is 1. The molecule has 0 N–H and O–H groups in total. The van der Waals surface area contributed by atoms with Crippen LogP contribution in [0, 0.1) is 18.8 Å². The van der Waals surface area contributed by atoms with E-state index in [2.05, 4.69) is 18.4 Å². The molecule has 0 aromatic heterocycles. The molecule has 1 atom stereocenters. The van der Waals surface area contributed by atoms with E-state index in [4.69, 9.17) is 0 Å². The number of sulfonamides is 1. The van der Waals surface area contributed by atoms with E-state index in [-0.39, 0.29) is 4.90 Å². The topological polar surface area (TPSA) is 54.5 Å². The van der Waals surface area contributed by atoms with Crippen molar-refractivity contribution < 1.29 is 13.2 Å². The molecule has 2 rings (SSSR count). The first kappa shape index (κ1) is 18.5. The van der Waals surface area contributed by atoms with Gasteiger partial charge < -0.3 is 0 Å². The maximum absolute atomic E-state index is 12.9. The number of hydrogen-bond donors (Lipinski definition) is 0. The van der Waals surface area contributed by atoms with Crippen molar-refractivity contribution in [3.8, 4) is 11.8 Å². The van der Waals surface area contributed by atoms with E-state index >= 15 is 0 Å².